The molecule has 0 aliphatic carbocycles. The lowest BCUT2D eigenvalue weighted by Crippen LogP contribution is -1.88. The molecule has 0 amide bonds. The van der Waals surface area contributed by atoms with Gasteiger partial charge in [0.2, 0.25) is 0 Å². The summed E-state index contributed by atoms with van der Waals surface area (Å²) in [6, 6.07) is 13.3. The zero-order valence-corrected chi connectivity index (χ0v) is 11.0. The fourth-order valence-electron chi connectivity index (χ4n) is 1.76. The van der Waals surface area contributed by atoms with Crippen molar-refractivity contribution < 1.29 is 4.74 Å². The van der Waals surface area contributed by atoms with Gasteiger partial charge in [0.1, 0.15) is 11.5 Å². The molecule has 1 heterocycles. The van der Waals surface area contributed by atoms with Crippen LogP contribution in [-0.2, 0) is 0 Å². The molecule has 4 heteroatoms. The van der Waals surface area contributed by atoms with Gasteiger partial charge in [-0.25, -0.2) is 0 Å². The van der Waals surface area contributed by atoms with Crippen molar-refractivity contribution in [3.05, 3.63) is 52.9 Å². The molecule has 0 bridgehead atoms. The van der Waals surface area contributed by atoms with Gasteiger partial charge in [-0.2, -0.15) is 0 Å². The van der Waals surface area contributed by atoms with E-state index in [0.29, 0.717) is 16.5 Å². The summed E-state index contributed by atoms with van der Waals surface area (Å²) < 4.78 is 6.97. The molecule has 2 nitrogen and oxygen atoms in total. The van der Waals surface area contributed by atoms with Gasteiger partial charge in [-0.05, 0) is 41.1 Å². The Kier molecular flexibility index (Phi) is 2.86. The number of fused-ring (bicyclic) bond motifs is 1. The Bertz CT molecular complexity index is 708. The van der Waals surface area contributed by atoms with Crippen LogP contribution in [0.15, 0.2) is 47.8 Å². The van der Waals surface area contributed by atoms with Gasteiger partial charge < -0.3 is 10.5 Å². The van der Waals surface area contributed by atoms with E-state index in [1.807, 2.05) is 17.5 Å². The average molecular weight is 276 g/mol. The van der Waals surface area contributed by atoms with E-state index < -0.39 is 0 Å². The monoisotopic (exact) mass is 275 g/mol. The first-order chi connectivity index (χ1) is 8.74. The van der Waals surface area contributed by atoms with Crippen molar-refractivity contribution in [2.45, 2.75) is 0 Å². The number of ether oxygens (including phenoxy) is 1. The van der Waals surface area contributed by atoms with E-state index in [4.69, 9.17) is 22.1 Å². The largest absolute Gasteiger partial charge is 0.454 e. The highest BCUT2D eigenvalue weighted by molar-refractivity contribution is 7.17. The van der Waals surface area contributed by atoms with E-state index in [0.717, 1.165) is 10.4 Å². The quantitative estimate of drug-likeness (QED) is 0.673. The molecule has 0 aliphatic heterocycles. The van der Waals surface area contributed by atoms with Crippen LogP contribution in [0.2, 0.25) is 5.02 Å². The van der Waals surface area contributed by atoms with E-state index in [1.54, 1.807) is 29.5 Å². The molecular weight excluding hydrogens is 266 g/mol. The van der Waals surface area contributed by atoms with Crippen molar-refractivity contribution in [1.82, 2.24) is 0 Å². The van der Waals surface area contributed by atoms with Crippen LogP contribution < -0.4 is 10.5 Å². The highest BCUT2D eigenvalue weighted by Crippen LogP contribution is 2.36. The second kappa shape index (κ2) is 4.52. The normalized spacial score (nSPS) is 10.7. The van der Waals surface area contributed by atoms with Crippen molar-refractivity contribution >= 4 is 38.7 Å². The summed E-state index contributed by atoms with van der Waals surface area (Å²) in [6.45, 7) is 0. The molecule has 0 atom stereocenters. The predicted molar refractivity (Wildman–Crippen MR) is 77.8 cm³/mol. The Morgan fingerprint density at radius 1 is 1.06 bits per heavy atom. The Balaban J connectivity index is 2.03. The molecule has 2 N–H and O–H groups in total. The van der Waals surface area contributed by atoms with Crippen LogP contribution in [0, 0.1) is 0 Å². The second-order valence-corrected chi connectivity index (χ2v) is 5.21. The number of hydrogen-bond donors (Lipinski definition) is 1. The van der Waals surface area contributed by atoms with Gasteiger partial charge in [-0.1, -0.05) is 23.7 Å². The lowest BCUT2D eigenvalue weighted by atomic mass is 10.2. The van der Waals surface area contributed by atoms with E-state index in [9.17, 15) is 0 Å². The number of rotatable bonds is 2. The SMILES string of the molecule is Nc1ccc(Oc2cccc3ccsc23)c(Cl)c1. The average Bonchev–Trinajstić information content (AvgIpc) is 2.82. The third-order valence-corrected chi connectivity index (χ3v) is 3.86. The van der Waals surface area contributed by atoms with Crippen molar-refractivity contribution in [3.63, 3.8) is 0 Å². The molecular formula is C14H10ClNOS. The Morgan fingerprint density at radius 2 is 1.94 bits per heavy atom. The van der Waals surface area contributed by atoms with Crippen LogP contribution in [-0.4, -0.2) is 0 Å². The summed E-state index contributed by atoms with van der Waals surface area (Å²) >= 11 is 7.75. The predicted octanol–water partition coefficient (Wildman–Crippen LogP) is 4.93. The maximum absolute atomic E-state index is 6.10. The Labute approximate surface area is 114 Å². The van der Waals surface area contributed by atoms with Crippen LogP contribution >= 0.6 is 22.9 Å². The van der Waals surface area contributed by atoms with E-state index in [2.05, 4.69) is 12.1 Å². The minimum atomic E-state index is 0.517. The van der Waals surface area contributed by atoms with E-state index >= 15 is 0 Å². The maximum Gasteiger partial charge on any atom is 0.146 e. The van der Waals surface area contributed by atoms with Crippen LogP contribution in [0.5, 0.6) is 11.5 Å². The topological polar surface area (TPSA) is 35.2 Å². The number of thiophene rings is 1. The molecule has 0 saturated heterocycles. The van der Waals surface area contributed by atoms with Gasteiger partial charge in [-0.3, -0.25) is 0 Å². The number of nitrogen functional groups attached to an aromatic ring is 1. The van der Waals surface area contributed by atoms with Crippen LogP contribution in [0.1, 0.15) is 0 Å². The highest BCUT2D eigenvalue weighted by Gasteiger charge is 2.07. The van der Waals surface area contributed by atoms with Crippen molar-refractivity contribution in [1.29, 1.82) is 0 Å². The molecule has 0 aliphatic rings. The number of nitrogens with two attached hydrogens (primary N) is 1. The zero-order chi connectivity index (χ0) is 12.5. The number of halogens is 1. The first kappa shape index (κ1) is 11.4. The van der Waals surface area contributed by atoms with Gasteiger partial charge in [0.05, 0.1) is 9.72 Å². The van der Waals surface area contributed by atoms with Gasteiger partial charge in [0.25, 0.3) is 0 Å². The fourth-order valence-corrected chi connectivity index (χ4v) is 2.84. The number of benzene rings is 2. The Hall–Kier alpha value is -1.71. The molecule has 18 heavy (non-hydrogen) atoms. The van der Waals surface area contributed by atoms with Gasteiger partial charge >= 0.3 is 0 Å². The summed E-state index contributed by atoms with van der Waals surface area (Å²) in [7, 11) is 0. The molecule has 2 aromatic carbocycles. The molecule has 3 aromatic rings. The molecule has 0 spiro atoms. The van der Waals surface area contributed by atoms with Crippen molar-refractivity contribution in [2.75, 3.05) is 5.73 Å². The summed E-state index contributed by atoms with van der Waals surface area (Å²) in [5.41, 5.74) is 6.28. The first-order valence-electron chi connectivity index (χ1n) is 5.43. The van der Waals surface area contributed by atoms with Gasteiger partial charge in [-0.15, -0.1) is 11.3 Å². The third kappa shape index (κ3) is 2.03. The number of hydrogen-bond acceptors (Lipinski definition) is 3. The highest BCUT2D eigenvalue weighted by atomic mass is 35.5. The van der Waals surface area contributed by atoms with Gasteiger partial charge in [0, 0.05) is 5.69 Å². The standard InChI is InChI=1S/C14H10ClNOS/c15-11-8-10(16)4-5-12(11)17-13-3-1-2-9-6-7-18-14(9)13/h1-8H,16H2. The smallest absolute Gasteiger partial charge is 0.146 e. The molecule has 90 valence electrons. The Morgan fingerprint density at radius 3 is 2.78 bits per heavy atom. The van der Waals surface area contributed by atoms with Crippen LogP contribution in [0.3, 0.4) is 0 Å². The summed E-state index contributed by atoms with van der Waals surface area (Å²) in [5, 5.41) is 3.73. The maximum atomic E-state index is 6.10. The molecule has 0 unspecified atom stereocenters. The van der Waals surface area contributed by atoms with Crippen LogP contribution in [0.25, 0.3) is 10.1 Å². The minimum Gasteiger partial charge on any atom is -0.454 e. The van der Waals surface area contributed by atoms with E-state index in [1.165, 1.54) is 5.39 Å². The molecule has 0 radical (unpaired) electrons. The van der Waals surface area contributed by atoms with Crippen molar-refractivity contribution in [2.24, 2.45) is 0 Å². The van der Waals surface area contributed by atoms with E-state index in [-0.39, 0.29) is 0 Å². The van der Waals surface area contributed by atoms with Gasteiger partial charge in [0.15, 0.2) is 0 Å². The summed E-state index contributed by atoms with van der Waals surface area (Å²) in [4.78, 5) is 0. The molecule has 0 fully saturated rings. The van der Waals surface area contributed by atoms with Crippen molar-refractivity contribution in [3.8, 4) is 11.5 Å². The molecule has 1 aromatic heterocycles. The summed E-state index contributed by atoms with van der Waals surface area (Å²) in [5.74, 6) is 1.43. The minimum absolute atomic E-state index is 0.517. The molecule has 0 saturated carbocycles. The number of anilines is 1. The lowest BCUT2D eigenvalue weighted by Gasteiger charge is -2.08. The lowest BCUT2D eigenvalue weighted by molar-refractivity contribution is 0.489. The fraction of sp³-hybridized carbons (Fsp3) is 0. The first-order valence-corrected chi connectivity index (χ1v) is 6.69. The second-order valence-electron chi connectivity index (χ2n) is 3.89. The summed E-state index contributed by atoms with van der Waals surface area (Å²) in [6.07, 6.45) is 0. The van der Waals surface area contributed by atoms with Crippen LogP contribution in [0.4, 0.5) is 5.69 Å². The molecule has 3 rings (SSSR count). The third-order valence-electron chi connectivity index (χ3n) is 2.62. The zero-order valence-electron chi connectivity index (χ0n) is 9.39.